The van der Waals surface area contributed by atoms with Gasteiger partial charge in [-0.1, -0.05) is 38.1 Å². The predicted octanol–water partition coefficient (Wildman–Crippen LogP) is 3.81. The highest BCUT2D eigenvalue weighted by Crippen LogP contribution is 2.31. The van der Waals surface area contributed by atoms with Crippen molar-refractivity contribution < 1.29 is 9.53 Å². The highest BCUT2D eigenvalue weighted by atomic mass is 32.1. The van der Waals surface area contributed by atoms with Crippen molar-refractivity contribution in [2.75, 3.05) is 7.11 Å². The minimum absolute atomic E-state index is 0.210. The Hall–Kier alpha value is -2.47. The fraction of sp³-hybridized carbons (Fsp3) is 0.316. The SMILES string of the molecule is CCc1ccc(-c2csc3ncn([C@H](CC)C(=O)OC)c(=O)c23)cc1. The highest BCUT2D eigenvalue weighted by molar-refractivity contribution is 7.17. The Bertz CT molecular complexity index is 957. The summed E-state index contributed by atoms with van der Waals surface area (Å²) in [4.78, 5) is 30.1. The molecule has 0 N–H and O–H groups in total. The van der Waals surface area contributed by atoms with Crippen LogP contribution in [-0.4, -0.2) is 22.6 Å². The molecule has 25 heavy (non-hydrogen) atoms. The molecule has 1 atom stereocenters. The van der Waals surface area contributed by atoms with Gasteiger partial charge in [0.05, 0.1) is 18.8 Å². The molecule has 3 rings (SSSR count). The number of nitrogens with zero attached hydrogens (tertiary/aromatic N) is 2. The molecular weight excluding hydrogens is 336 g/mol. The first-order chi connectivity index (χ1) is 12.1. The summed E-state index contributed by atoms with van der Waals surface area (Å²) in [6.45, 7) is 3.95. The van der Waals surface area contributed by atoms with E-state index >= 15 is 0 Å². The maximum atomic E-state index is 13.0. The van der Waals surface area contributed by atoms with Crippen LogP contribution in [0.25, 0.3) is 21.3 Å². The fourth-order valence-corrected chi connectivity index (χ4v) is 3.82. The molecule has 0 aliphatic rings. The van der Waals surface area contributed by atoms with Crippen LogP contribution in [0.2, 0.25) is 0 Å². The van der Waals surface area contributed by atoms with Gasteiger partial charge < -0.3 is 4.74 Å². The minimum atomic E-state index is -0.662. The fourth-order valence-electron chi connectivity index (χ4n) is 2.91. The second-order valence-corrected chi connectivity index (χ2v) is 6.64. The zero-order valence-electron chi connectivity index (χ0n) is 14.5. The topological polar surface area (TPSA) is 61.2 Å². The molecule has 0 spiro atoms. The van der Waals surface area contributed by atoms with Crippen LogP contribution >= 0.6 is 11.3 Å². The maximum absolute atomic E-state index is 13.0. The molecule has 0 saturated heterocycles. The van der Waals surface area contributed by atoms with Gasteiger partial charge in [-0.05, 0) is 24.0 Å². The average Bonchev–Trinajstić information content (AvgIpc) is 3.09. The van der Waals surface area contributed by atoms with Gasteiger partial charge in [0.2, 0.25) is 0 Å². The van der Waals surface area contributed by atoms with Crippen molar-refractivity contribution in [1.82, 2.24) is 9.55 Å². The van der Waals surface area contributed by atoms with E-state index in [-0.39, 0.29) is 5.56 Å². The van der Waals surface area contributed by atoms with Crippen molar-refractivity contribution in [3.63, 3.8) is 0 Å². The van der Waals surface area contributed by atoms with Crippen LogP contribution < -0.4 is 5.56 Å². The molecule has 3 aromatic rings. The van der Waals surface area contributed by atoms with Crippen LogP contribution in [0.3, 0.4) is 0 Å². The van der Waals surface area contributed by atoms with Gasteiger partial charge in [-0.3, -0.25) is 9.36 Å². The van der Waals surface area contributed by atoms with Crippen LogP contribution in [0.15, 0.2) is 40.8 Å². The van der Waals surface area contributed by atoms with Gasteiger partial charge in [0.1, 0.15) is 10.9 Å². The second-order valence-electron chi connectivity index (χ2n) is 5.78. The third kappa shape index (κ3) is 3.09. The number of aryl methyl sites for hydroxylation is 1. The lowest BCUT2D eigenvalue weighted by molar-refractivity contribution is -0.144. The normalized spacial score (nSPS) is 12.3. The van der Waals surface area contributed by atoms with E-state index in [0.717, 1.165) is 17.5 Å². The molecule has 0 aliphatic carbocycles. The van der Waals surface area contributed by atoms with Crippen LogP contribution in [0.4, 0.5) is 0 Å². The third-order valence-electron chi connectivity index (χ3n) is 4.39. The minimum Gasteiger partial charge on any atom is -0.467 e. The smallest absolute Gasteiger partial charge is 0.329 e. The van der Waals surface area contributed by atoms with E-state index < -0.39 is 12.0 Å². The first-order valence-corrected chi connectivity index (χ1v) is 9.14. The molecule has 0 unspecified atom stereocenters. The summed E-state index contributed by atoms with van der Waals surface area (Å²) in [7, 11) is 1.33. The number of carbonyl (C=O) groups is 1. The van der Waals surface area contributed by atoms with Crippen LogP contribution in [0, 0.1) is 0 Å². The number of aromatic nitrogens is 2. The van der Waals surface area contributed by atoms with Crippen molar-refractivity contribution in [3.05, 3.63) is 51.9 Å². The quantitative estimate of drug-likeness (QED) is 0.652. The summed E-state index contributed by atoms with van der Waals surface area (Å²) < 4.78 is 6.20. The zero-order chi connectivity index (χ0) is 18.0. The molecule has 130 valence electrons. The van der Waals surface area contributed by atoms with Crippen LogP contribution in [0.5, 0.6) is 0 Å². The summed E-state index contributed by atoms with van der Waals surface area (Å²) in [6.07, 6.45) is 2.87. The Balaban J connectivity index is 2.17. The van der Waals surface area contributed by atoms with Gasteiger partial charge in [0.15, 0.2) is 0 Å². The number of ether oxygens (including phenoxy) is 1. The molecule has 2 heterocycles. The molecule has 1 aromatic carbocycles. The number of carbonyl (C=O) groups excluding carboxylic acids is 1. The summed E-state index contributed by atoms with van der Waals surface area (Å²) >= 11 is 1.43. The lowest BCUT2D eigenvalue weighted by atomic mass is 10.0. The number of benzene rings is 1. The monoisotopic (exact) mass is 356 g/mol. The van der Waals surface area contributed by atoms with Gasteiger partial charge in [0.25, 0.3) is 5.56 Å². The Labute approximate surface area is 149 Å². The van der Waals surface area contributed by atoms with Crippen molar-refractivity contribution in [3.8, 4) is 11.1 Å². The zero-order valence-corrected chi connectivity index (χ0v) is 15.3. The molecule has 0 fully saturated rings. The lowest BCUT2D eigenvalue weighted by Gasteiger charge is -2.15. The Morgan fingerprint density at radius 1 is 1.28 bits per heavy atom. The highest BCUT2D eigenvalue weighted by Gasteiger charge is 2.23. The molecule has 6 heteroatoms. The number of rotatable bonds is 5. The van der Waals surface area contributed by atoms with E-state index in [0.29, 0.717) is 16.6 Å². The largest absolute Gasteiger partial charge is 0.467 e. The van der Waals surface area contributed by atoms with Crippen molar-refractivity contribution >= 4 is 27.5 Å². The summed E-state index contributed by atoms with van der Waals surface area (Å²) in [6, 6.07) is 7.52. The average molecular weight is 356 g/mol. The Morgan fingerprint density at radius 3 is 2.60 bits per heavy atom. The second kappa shape index (κ2) is 7.19. The van der Waals surface area contributed by atoms with Crippen molar-refractivity contribution in [1.29, 1.82) is 0 Å². The number of esters is 1. The van der Waals surface area contributed by atoms with Crippen molar-refractivity contribution in [2.45, 2.75) is 32.7 Å². The number of hydrogen-bond donors (Lipinski definition) is 0. The van der Waals surface area contributed by atoms with E-state index in [4.69, 9.17) is 4.74 Å². The number of hydrogen-bond acceptors (Lipinski definition) is 5. The molecule has 0 radical (unpaired) electrons. The molecular formula is C19H20N2O3S. The maximum Gasteiger partial charge on any atom is 0.329 e. The third-order valence-corrected chi connectivity index (χ3v) is 5.27. The van der Waals surface area contributed by atoms with Crippen molar-refractivity contribution in [2.24, 2.45) is 0 Å². The molecule has 0 saturated carbocycles. The standard InChI is InChI=1S/C19H20N2O3S/c1-4-12-6-8-13(9-7-12)14-10-25-17-16(14)18(22)21(11-20-17)15(5-2)19(23)24-3/h6-11,15H,4-5H2,1-3H3/t15-/m1/s1. The van der Waals surface area contributed by atoms with Gasteiger partial charge in [-0.15, -0.1) is 11.3 Å². The Kier molecular flexibility index (Phi) is 4.99. The molecule has 2 aromatic heterocycles. The summed E-state index contributed by atoms with van der Waals surface area (Å²) in [5.41, 5.74) is 2.87. The van der Waals surface area contributed by atoms with E-state index in [2.05, 4.69) is 24.0 Å². The lowest BCUT2D eigenvalue weighted by Crippen LogP contribution is -2.30. The first-order valence-electron chi connectivity index (χ1n) is 8.26. The number of thiophene rings is 1. The van der Waals surface area contributed by atoms with Gasteiger partial charge >= 0.3 is 5.97 Å². The summed E-state index contributed by atoms with van der Waals surface area (Å²) in [5.74, 6) is -0.435. The summed E-state index contributed by atoms with van der Waals surface area (Å²) in [5, 5.41) is 2.50. The predicted molar refractivity (Wildman–Crippen MR) is 100 cm³/mol. The van der Waals surface area contributed by atoms with Gasteiger partial charge in [-0.25, -0.2) is 9.78 Å². The molecule has 5 nitrogen and oxygen atoms in total. The Morgan fingerprint density at radius 2 is 2.00 bits per heavy atom. The van der Waals surface area contributed by atoms with Crippen LogP contribution in [-0.2, 0) is 16.0 Å². The van der Waals surface area contributed by atoms with E-state index in [1.165, 1.54) is 34.9 Å². The molecule has 0 amide bonds. The number of fused-ring (bicyclic) bond motifs is 1. The first kappa shape index (κ1) is 17.4. The number of methoxy groups -OCH3 is 1. The van der Waals surface area contributed by atoms with Crippen LogP contribution in [0.1, 0.15) is 31.9 Å². The van der Waals surface area contributed by atoms with E-state index in [9.17, 15) is 9.59 Å². The van der Waals surface area contributed by atoms with E-state index in [1.807, 2.05) is 24.4 Å². The molecule has 0 bridgehead atoms. The van der Waals surface area contributed by atoms with Gasteiger partial charge in [-0.2, -0.15) is 0 Å². The molecule has 0 aliphatic heterocycles. The van der Waals surface area contributed by atoms with E-state index in [1.54, 1.807) is 0 Å². The van der Waals surface area contributed by atoms with Gasteiger partial charge in [0, 0.05) is 10.9 Å².